The molecule has 1 aromatic heterocycles. The summed E-state index contributed by atoms with van der Waals surface area (Å²) in [6.07, 6.45) is 5.67. The van der Waals surface area contributed by atoms with E-state index in [9.17, 15) is 4.79 Å². The Bertz CT molecular complexity index is 519. The number of nitrogens with zero attached hydrogens (tertiary/aromatic N) is 2. The van der Waals surface area contributed by atoms with Gasteiger partial charge in [0.2, 0.25) is 5.91 Å². The molecular weight excluding hydrogens is 296 g/mol. The zero-order chi connectivity index (χ0) is 15.0. The summed E-state index contributed by atoms with van der Waals surface area (Å²) in [5, 5.41) is 4.09. The number of rotatable bonds is 3. The third-order valence-electron chi connectivity index (χ3n) is 5.34. The molecule has 0 radical (unpaired) electrons. The highest BCUT2D eigenvalue weighted by Crippen LogP contribution is 2.37. The maximum Gasteiger partial charge on any atom is 0.227 e. The number of ether oxygens (including phenoxy) is 1. The first kappa shape index (κ1) is 14.7. The van der Waals surface area contributed by atoms with Crippen LogP contribution in [0.25, 0.3) is 0 Å². The highest BCUT2D eigenvalue weighted by molar-refractivity contribution is 7.07. The molecule has 3 aliphatic heterocycles. The fourth-order valence-corrected chi connectivity index (χ4v) is 4.73. The van der Waals surface area contributed by atoms with Crippen LogP contribution in [0, 0.1) is 0 Å². The zero-order valence-corrected chi connectivity index (χ0v) is 13.8. The Morgan fingerprint density at radius 3 is 2.86 bits per heavy atom. The molecule has 0 saturated carbocycles. The van der Waals surface area contributed by atoms with Crippen molar-refractivity contribution >= 4 is 17.2 Å². The molecule has 1 aromatic rings. The van der Waals surface area contributed by atoms with Gasteiger partial charge in [0.1, 0.15) is 5.60 Å². The lowest BCUT2D eigenvalue weighted by atomic mass is 9.88. The topological polar surface area (TPSA) is 32.8 Å². The summed E-state index contributed by atoms with van der Waals surface area (Å²) < 4.78 is 6.12. The number of likely N-dealkylation sites (tertiary alicyclic amines) is 2. The number of hydrogen-bond donors (Lipinski definition) is 0. The molecule has 5 heteroatoms. The Labute approximate surface area is 136 Å². The molecule has 4 heterocycles. The van der Waals surface area contributed by atoms with Gasteiger partial charge in [-0.15, -0.1) is 0 Å². The lowest BCUT2D eigenvalue weighted by molar-refractivity contribution is -0.157. The molecule has 22 heavy (non-hydrogen) atoms. The lowest BCUT2D eigenvalue weighted by Crippen LogP contribution is -2.63. The summed E-state index contributed by atoms with van der Waals surface area (Å²) in [6, 6.07) is 2.62. The Morgan fingerprint density at radius 2 is 2.14 bits per heavy atom. The van der Waals surface area contributed by atoms with E-state index in [0.717, 1.165) is 31.7 Å². The summed E-state index contributed by atoms with van der Waals surface area (Å²) >= 11 is 1.65. The van der Waals surface area contributed by atoms with Gasteiger partial charge in [0.15, 0.2) is 0 Å². The molecule has 0 aliphatic carbocycles. The first-order chi connectivity index (χ1) is 10.7. The van der Waals surface area contributed by atoms with E-state index in [1.165, 1.54) is 32.4 Å². The van der Waals surface area contributed by atoms with Crippen LogP contribution in [0.1, 0.15) is 31.2 Å². The second-order valence-corrected chi connectivity index (χ2v) is 7.79. The minimum atomic E-state index is -0.0353. The molecule has 0 aromatic carbocycles. The molecule has 120 valence electrons. The van der Waals surface area contributed by atoms with Gasteiger partial charge in [-0.25, -0.2) is 0 Å². The maximum atomic E-state index is 12.3. The quantitative estimate of drug-likeness (QED) is 0.855. The Morgan fingerprint density at radius 1 is 1.32 bits per heavy atom. The highest BCUT2D eigenvalue weighted by atomic mass is 32.1. The van der Waals surface area contributed by atoms with Crippen molar-refractivity contribution in [3.05, 3.63) is 22.4 Å². The van der Waals surface area contributed by atoms with Crippen LogP contribution >= 0.6 is 11.3 Å². The Hall–Kier alpha value is -0.910. The molecule has 0 bridgehead atoms. The van der Waals surface area contributed by atoms with Crippen molar-refractivity contribution in [2.75, 3.05) is 32.8 Å². The number of hydrogen-bond acceptors (Lipinski definition) is 4. The number of piperidine rings is 1. The normalized spacial score (nSPS) is 28.0. The first-order valence-corrected chi connectivity index (χ1v) is 9.35. The van der Waals surface area contributed by atoms with E-state index >= 15 is 0 Å². The van der Waals surface area contributed by atoms with Crippen LogP contribution in [0.5, 0.6) is 0 Å². The molecule has 3 aliphatic rings. The van der Waals surface area contributed by atoms with E-state index in [2.05, 4.69) is 10.3 Å². The predicted octanol–water partition coefficient (Wildman–Crippen LogP) is 2.15. The summed E-state index contributed by atoms with van der Waals surface area (Å²) in [6.45, 7) is 4.89. The van der Waals surface area contributed by atoms with Gasteiger partial charge in [-0.05, 0) is 54.7 Å². The molecule has 1 atom stereocenters. The van der Waals surface area contributed by atoms with Crippen molar-refractivity contribution in [2.45, 2.75) is 43.7 Å². The van der Waals surface area contributed by atoms with Crippen LogP contribution in [-0.4, -0.2) is 60.1 Å². The second-order valence-electron chi connectivity index (χ2n) is 7.01. The lowest BCUT2D eigenvalue weighted by Gasteiger charge is -2.47. The van der Waals surface area contributed by atoms with Crippen molar-refractivity contribution < 1.29 is 9.53 Å². The summed E-state index contributed by atoms with van der Waals surface area (Å²) in [4.78, 5) is 16.9. The van der Waals surface area contributed by atoms with E-state index in [1.54, 1.807) is 11.3 Å². The maximum absolute atomic E-state index is 12.3. The van der Waals surface area contributed by atoms with Gasteiger partial charge in [0, 0.05) is 6.04 Å². The van der Waals surface area contributed by atoms with Gasteiger partial charge < -0.3 is 9.64 Å². The average molecular weight is 320 g/mol. The molecule has 1 unspecified atom stereocenters. The monoisotopic (exact) mass is 320 g/mol. The van der Waals surface area contributed by atoms with Gasteiger partial charge in [-0.2, -0.15) is 11.3 Å². The fraction of sp³-hybridized carbons (Fsp3) is 0.706. The summed E-state index contributed by atoms with van der Waals surface area (Å²) in [5.41, 5.74) is 1.10. The van der Waals surface area contributed by atoms with E-state index in [-0.39, 0.29) is 11.5 Å². The van der Waals surface area contributed by atoms with Crippen LogP contribution in [0.3, 0.4) is 0 Å². The smallest absolute Gasteiger partial charge is 0.227 e. The van der Waals surface area contributed by atoms with Gasteiger partial charge >= 0.3 is 0 Å². The molecular formula is C17H24N2O2S. The van der Waals surface area contributed by atoms with E-state index in [4.69, 9.17) is 4.74 Å². The molecule has 4 rings (SSSR count). The van der Waals surface area contributed by atoms with Crippen LogP contribution in [-0.2, 0) is 16.0 Å². The average Bonchev–Trinajstić information content (AvgIpc) is 3.15. The molecule has 0 N–H and O–H groups in total. The van der Waals surface area contributed by atoms with Crippen LogP contribution < -0.4 is 0 Å². The minimum Gasteiger partial charge on any atom is -0.370 e. The van der Waals surface area contributed by atoms with E-state index in [0.29, 0.717) is 12.5 Å². The standard InChI is InChI=1S/C17H24N2O2S/c20-16(8-14-4-7-22-11-14)19-12-17(13-19)9-15(10-21-17)18-5-2-1-3-6-18/h4,7,11,15H,1-3,5-6,8-10,12-13H2. The van der Waals surface area contributed by atoms with Crippen molar-refractivity contribution in [2.24, 2.45) is 0 Å². The predicted molar refractivity (Wildman–Crippen MR) is 87.1 cm³/mol. The van der Waals surface area contributed by atoms with Gasteiger partial charge in [-0.3, -0.25) is 9.69 Å². The van der Waals surface area contributed by atoms with Gasteiger partial charge in [-0.1, -0.05) is 6.42 Å². The van der Waals surface area contributed by atoms with Gasteiger partial charge in [0.25, 0.3) is 0 Å². The van der Waals surface area contributed by atoms with E-state index < -0.39 is 0 Å². The number of thiophene rings is 1. The molecule has 1 spiro atoms. The third kappa shape index (κ3) is 2.82. The van der Waals surface area contributed by atoms with Crippen LogP contribution in [0.4, 0.5) is 0 Å². The molecule has 4 nitrogen and oxygen atoms in total. The van der Waals surface area contributed by atoms with Crippen molar-refractivity contribution in [1.29, 1.82) is 0 Å². The van der Waals surface area contributed by atoms with Crippen LogP contribution in [0.2, 0.25) is 0 Å². The fourth-order valence-electron chi connectivity index (χ4n) is 4.06. The van der Waals surface area contributed by atoms with Crippen molar-refractivity contribution in [3.63, 3.8) is 0 Å². The SMILES string of the molecule is O=C(Cc1ccsc1)N1CC2(CC(N3CCCCC3)CO2)C1. The summed E-state index contributed by atoms with van der Waals surface area (Å²) in [5.74, 6) is 0.244. The number of amides is 1. The van der Waals surface area contributed by atoms with Crippen molar-refractivity contribution in [1.82, 2.24) is 9.80 Å². The number of carbonyl (C=O) groups excluding carboxylic acids is 1. The van der Waals surface area contributed by atoms with Crippen LogP contribution in [0.15, 0.2) is 16.8 Å². The first-order valence-electron chi connectivity index (χ1n) is 8.41. The Balaban J connectivity index is 1.28. The Kier molecular flexibility index (Phi) is 3.96. The minimum absolute atomic E-state index is 0.0353. The molecule has 3 fully saturated rings. The highest BCUT2D eigenvalue weighted by Gasteiger charge is 2.52. The number of carbonyl (C=O) groups is 1. The molecule has 1 amide bonds. The van der Waals surface area contributed by atoms with E-state index in [1.807, 2.05) is 16.3 Å². The van der Waals surface area contributed by atoms with Gasteiger partial charge in [0.05, 0.1) is 26.1 Å². The molecule has 3 saturated heterocycles. The second kappa shape index (κ2) is 5.95. The van der Waals surface area contributed by atoms with Crippen molar-refractivity contribution in [3.8, 4) is 0 Å². The largest absolute Gasteiger partial charge is 0.370 e. The third-order valence-corrected chi connectivity index (χ3v) is 6.07. The summed E-state index contributed by atoms with van der Waals surface area (Å²) in [7, 11) is 0. The zero-order valence-electron chi connectivity index (χ0n) is 13.0.